The maximum Gasteiger partial charge on any atom is 0.326 e. The predicted octanol–water partition coefficient (Wildman–Crippen LogP) is 1.36. The van der Waals surface area contributed by atoms with Crippen molar-refractivity contribution >= 4 is 12.0 Å². The van der Waals surface area contributed by atoms with E-state index in [1.165, 1.54) is 4.90 Å². The number of aliphatic carboxylic acids is 1. The summed E-state index contributed by atoms with van der Waals surface area (Å²) in [5, 5.41) is 11.7. The number of carboxylic acids is 1. The number of rotatable bonds is 8. The normalized spacial score (nSPS) is 11.7. The van der Waals surface area contributed by atoms with Crippen molar-refractivity contribution in [1.82, 2.24) is 10.2 Å². The molecule has 0 aliphatic carbocycles. The zero-order valence-corrected chi connectivity index (χ0v) is 12.4. The Labute approximate surface area is 124 Å². The van der Waals surface area contributed by atoms with Crippen molar-refractivity contribution in [3.63, 3.8) is 0 Å². The maximum atomic E-state index is 11.9. The second-order valence-electron chi connectivity index (χ2n) is 4.78. The Bertz CT molecular complexity index is 450. The summed E-state index contributed by atoms with van der Waals surface area (Å²) in [7, 11) is 3.15. The summed E-state index contributed by atoms with van der Waals surface area (Å²) in [6.45, 7) is 0.818. The molecule has 1 atom stereocenters. The largest absolute Gasteiger partial charge is 0.480 e. The molecular weight excluding hydrogens is 272 g/mol. The zero-order valence-electron chi connectivity index (χ0n) is 12.4. The lowest BCUT2D eigenvalue weighted by molar-refractivity contribution is -0.139. The van der Waals surface area contributed by atoms with Gasteiger partial charge in [0.05, 0.1) is 6.61 Å². The molecule has 0 spiro atoms. The second-order valence-corrected chi connectivity index (χ2v) is 4.78. The fourth-order valence-electron chi connectivity index (χ4n) is 1.80. The second kappa shape index (κ2) is 8.97. The molecule has 0 heterocycles. The highest BCUT2D eigenvalue weighted by molar-refractivity contribution is 5.82. The average Bonchev–Trinajstić information content (AvgIpc) is 2.49. The summed E-state index contributed by atoms with van der Waals surface area (Å²) in [5.74, 6) is -1.03. The third kappa shape index (κ3) is 6.27. The summed E-state index contributed by atoms with van der Waals surface area (Å²) in [6.07, 6.45) is 0.947. The van der Waals surface area contributed by atoms with Crippen LogP contribution < -0.4 is 5.32 Å². The van der Waals surface area contributed by atoms with Gasteiger partial charge in [0, 0.05) is 20.7 Å². The van der Waals surface area contributed by atoms with E-state index in [-0.39, 0.29) is 0 Å². The Hall–Kier alpha value is -2.08. The van der Waals surface area contributed by atoms with Crippen LogP contribution in [0.5, 0.6) is 0 Å². The molecule has 0 aliphatic heterocycles. The first-order valence-corrected chi connectivity index (χ1v) is 6.82. The number of nitrogens with one attached hydrogen (secondary N) is 1. The predicted molar refractivity (Wildman–Crippen MR) is 79.2 cm³/mol. The third-order valence-electron chi connectivity index (χ3n) is 3.14. The fraction of sp³-hybridized carbons (Fsp3) is 0.467. The van der Waals surface area contributed by atoms with E-state index in [0.29, 0.717) is 26.0 Å². The molecule has 6 heteroatoms. The highest BCUT2D eigenvalue weighted by atomic mass is 16.5. The van der Waals surface area contributed by atoms with Crippen LogP contribution in [0.4, 0.5) is 4.79 Å². The monoisotopic (exact) mass is 294 g/mol. The molecule has 116 valence electrons. The van der Waals surface area contributed by atoms with E-state index in [0.717, 1.165) is 5.56 Å². The smallest absolute Gasteiger partial charge is 0.326 e. The van der Waals surface area contributed by atoms with Crippen LogP contribution in [0.1, 0.15) is 12.0 Å². The molecule has 21 heavy (non-hydrogen) atoms. The lowest BCUT2D eigenvalue weighted by Gasteiger charge is -2.21. The van der Waals surface area contributed by atoms with Crippen LogP contribution in [-0.4, -0.2) is 55.4 Å². The molecule has 6 nitrogen and oxygen atoms in total. The molecule has 1 aromatic carbocycles. The molecule has 0 saturated carbocycles. The number of hydrogen-bond donors (Lipinski definition) is 2. The standard InChI is InChI=1S/C15H22N2O4/c1-17(10-11-21-2)15(20)16-13(14(18)19)9-8-12-6-4-3-5-7-12/h3-7,13H,8-11H2,1-2H3,(H,16,20)(H,18,19). The summed E-state index contributed by atoms with van der Waals surface area (Å²) < 4.78 is 4.88. The van der Waals surface area contributed by atoms with Gasteiger partial charge in [0.15, 0.2) is 0 Å². The first-order valence-electron chi connectivity index (χ1n) is 6.82. The number of nitrogens with zero attached hydrogens (tertiary/aromatic N) is 1. The molecule has 2 amide bonds. The van der Waals surface area contributed by atoms with Crippen LogP contribution in [-0.2, 0) is 16.0 Å². The minimum Gasteiger partial charge on any atom is -0.480 e. The van der Waals surface area contributed by atoms with Gasteiger partial charge in [0.2, 0.25) is 0 Å². The Morgan fingerprint density at radius 3 is 2.57 bits per heavy atom. The number of amides is 2. The number of ether oxygens (including phenoxy) is 1. The summed E-state index contributed by atoms with van der Waals surface area (Å²) in [4.78, 5) is 24.5. The highest BCUT2D eigenvalue weighted by Crippen LogP contribution is 2.05. The zero-order chi connectivity index (χ0) is 15.7. The minimum atomic E-state index is -1.03. The van der Waals surface area contributed by atoms with Crippen molar-refractivity contribution in [2.24, 2.45) is 0 Å². The van der Waals surface area contributed by atoms with Crippen LogP contribution in [0.15, 0.2) is 30.3 Å². The van der Waals surface area contributed by atoms with Crippen LogP contribution in [0.3, 0.4) is 0 Å². The van der Waals surface area contributed by atoms with Crippen molar-refractivity contribution in [2.45, 2.75) is 18.9 Å². The number of methoxy groups -OCH3 is 1. The molecule has 2 N–H and O–H groups in total. The van der Waals surface area contributed by atoms with Gasteiger partial charge < -0.3 is 20.1 Å². The third-order valence-corrected chi connectivity index (χ3v) is 3.14. The van der Waals surface area contributed by atoms with Gasteiger partial charge in [-0.25, -0.2) is 9.59 Å². The number of likely N-dealkylation sites (N-methyl/N-ethyl adjacent to an activating group) is 1. The van der Waals surface area contributed by atoms with E-state index in [1.807, 2.05) is 30.3 Å². The Balaban J connectivity index is 2.50. The Kier molecular flexibility index (Phi) is 7.25. The maximum absolute atomic E-state index is 11.9. The highest BCUT2D eigenvalue weighted by Gasteiger charge is 2.21. The van der Waals surface area contributed by atoms with E-state index in [9.17, 15) is 14.7 Å². The van der Waals surface area contributed by atoms with E-state index in [2.05, 4.69) is 5.32 Å². The van der Waals surface area contributed by atoms with Crippen LogP contribution in [0.2, 0.25) is 0 Å². The molecule has 0 radical (unpaired) electrons. The van der Waals surface area contributed by atoms with E-state index < -0.39 is 18.0 Å². The molecular formula is C15H22N2O4. The van der Waals surface area contributed by atoms with Crippen LogP contribution in [0.25, 0.3) is 0 Å². The Morgan fingerprint density at radius 1 is 1.33 bits per heavy atom. The Morgan fingerprint density at radius 2 is 2.00 bits per heavy atom. The van der Waals surface area contributed by atoms with Gasteiger partial charge in [-0.05, 0) is 18.4 Å². The number of aryl methyl sites for hydroxylation is 1. The van der Waals surface area contributed by atoms with Crippen molar-refractivity contribution in [1.29, 1.82) is 0 Å². The first-order chi connectivity index (χ1) is 10.0. The van der Waals surface area contributed by atoms with E-state index >= 15 is 0 Å². The van der Waals surface area contributed by atoms with Gasteiger partial charge in [0.25, 0.3) is 0 Å². The number of carbonyl (C=O) groups is 2. The van der Waals surface area contributed by atoms with Gasteiger partial charge in [-0.15, -0.1) is 0 Å². The van der Waals surface area contributed by atoms with Crippen molar-refractivity contribution < 1.29 is 19.4 Å². The van der Waals surface area contributed by atoms with Crippen LogP contribution >= 0.6 is 0 Å². The molecule has 0 saturated heterocycles. The van der Waals surface area contributed by atoms with Gasteiger partial charge in [-0.1, -0.05) is 30.3 Å². The fourth-order valence-corrected chi connectivity index (χ4v) is 1.80. The summed E-state index contributed by atoms with van der Waals surface area (Å²) in [5.41, 5.74) is 1.05. The summed E-state index contributed by atoms with van der Waals surface area (Å²) >= 11 is 0. The number of carbonyl (C=O) groups excluding carboxylic acids is 1. The molecule has 0 aromatic heterocycles. The quantitative estimate of drug-likeness (QED) is 0.759. The molecule has 1 aromatic rings. The topological polar surface area (TPSA) is 78.9 Å². The molecule has 0 bridgehead atoms. The molecule has 0 fully saturated rings. The van der Waals surface area contributed by atoms with Crippen molar-refractivity contribution in [2.75, 3.05) is 27.3 Å². The lowest BCUT2D eigenvalue weighted by Crippen LogP contribution is -2.47. The van der Waals surface area contributed by atoms with Gasteiger partial charge in [-0.3, -0.25) is 0 Å². The minimum absolute atomic E-state index is 0.350. The van der Waals surface area contributed by atoms with Crippen LogP contribution in [0, 0.1) is 0 Å². The van der Waals surface area contributed by atoms with Gasteiger partial charge in [-0.2, -0.15) is 0 Å². The molecule has 1 unspecified atom stereocenters. The lowest BCUT2D eigenvalue weighted by atomic mass is 10.1. The van der Waals surface area contributed by atoms with Crippen molar-refractivity contribution in [3.8, 4) is 0 Å². The summed E-state index contributed by atoms with van der Waals surface area (Å²) in [6, 6.07) is 8.28. The van der Waals surface area contributed by atoms with E-state index in [1.54, 1.807) is 14.2 Å². The van der Waals surface area contributed by atoms with Crippen molar-refractivity contribution in [3.05, 3.63) is 35.9 Å². The number of hydrogen-bond acceptors (Lipinski definition) is 3. The van der Waals surface area contributed by atoms with Gasteiger partial charge >= 0.3 is 12.0 Å². The average molecular weight is 294 g/mol. The molecule has 1 rings (SSSR count). The van der Waals surface area contributed by atoms with Gasteiger partial charge in [0.1, 0.15) is 6.04 Å². The first kappa shape index (κ1) is 17.0. The SMILES string of the molecule is COCCN(C)C(=O)NC(CCc1ccccc1)C(=O)O. The number of carboxylic acid groups (broad SMARTS) is 1. The van der Waals surface area contributed by atoms with E-state index in [4.69, 9.17) is 4.74 Å². The molecule has 0 aliphatic rings. The number of benzene rings is 1. The number of urea groups is 1.